The van der Waals surface area contributed by atoms with Crippen LogP contribution in [0.15, 0.2) is 35.1 Å². The van der Waals surface area contributed by atoms with Gasteiger partial charge in [0.25, 0.3) is 0 Å². The van der Waals surface area contributed by atoms with E-state index in [9.17, 15) is 0 Å². The Morgan fingerprint density at radius 3 is 2.76 bits per heavy atom. The molecule has 88 valence electrons. The van der Waals surface area contributed by atoms with Gasteiger partial charge in [-0.1, -0.05) is 17.7 Å². The summed E-state index contributed by atoms with van der Waals surface area (Å²) in [5.74, 6) is 1.45. The number of nitrogens with zero attached hydrogens (tertiary/aromatic N) is 2. The Bertz CT molecular complexity index is 533. The zero-order valence-corrected chi connectivity index (χ0v) is 11.4. The Morgan fingerprint density at radius 2 is 2.00 bits per heavy atom. The Kier molecular flexibility index (Phi) is 3.81. The molecule has 0 radical (unpaired) electrons. The molecular formula is C11H10BrClN4. The molecule has 0 atom stereocenters. The number of rotatable bonds is 3. The number of aromatic nitrogens is 2. The van der Waals surface area contributed by atoms with Gasteiger partial charge in [0.2, 0.25) is 0 Å². The SMILES string of the molecule is CNc1cc(Nc2cccc(Cl)c2Br)ncn1. The summed E-state index contributed by atoms with van der Waals surface area (Å²) in [6.07, 6.45) is 1.49. The van der Waals surface area contributed by atoms with Crippen molar-refractivity contribution in [3.05, 3.63) is 40.1 Å². The Balaban J connectivity index is 2.28. The molecule has 0 fully saturated rings. The van der Waals surface area contributed by atoms with Crippen molar-refractivity contribution in [3.63, 3.8) is 0 Å². The molecule has 0 spiro atoms. The summed E-state index contributed by atoms with van der Waals surface area (Å²) in [5, 5.41) is 6.77. The van der Waals surface area contributed by atoms with Crippen LogP contribution in [0.1, 0.15) is 0 Å². The van der Waals surface area contributed by atoms with Crippen molar-refractivity contribution in [2.24, 2.45) is 0 Å². The third-order valence-corrected chi connectivity index (χ3v) is 3.54. The summed E-state index contributed by atoms with van der Waals surface area (Å²) < 4.78 is 0.811. The Labute approximate surface area is 113 Å². The lowest BCUT2D eigenvalue weighted by molar-refractivity contribution is 1.16. The predicted octanol–water partition coefficient (Wildman–Crippen LogP) is 3.68. The molecule has 2 N–H and O–H groups in total. The van der Waals surface area contributed by atoms with Crippen LogP contribution in [0.5, 0.6) is 0 Å². The first-order valence-corrected chi connectivity index (χ1v) is 6.08. The van der Waals surface area contributed by atoms with E-state index in [4.69, 9.17) is 11.6 Å². The van der Waals surface area contributed by atoms with Crippen molar-refractivity contribution in [2.45, 2.75) is 0 Å². The van der Waals surface area contributed by atoms with E-state index in [1.54, 1.807) is 7.05 Å². The molecule has 2 rings (SSSR count). The highest BCUT2D eigenvalue weighted by Gasteiger charge is 2.05. The van der Waals surface area contributed by atoms with E-state index in [2.05, 4.69) is 36.5 Å². The van der Waals surface area contributed by atoms with Crippen molar-refractivity contribution in [1.29, 1.82) is 0 Å². The van der Waals surface area contributed by atoms with E-state index >= 15 is 0 Å². The number of benzene rings is 1. The molecule has 0 aliphatic heterocycles. The first kappa shape index (κ1) is 12.1. The second-order valence-corrected chi connectivity index (χ2v) is 4.47. The average molecular weight is 314 g/mol. The van der Waals surface area contributed by atoms with Gasteiger partial charge < -0.3 is 10.6 Å². The molecule has 0 aliphatic rings. The van der Waals surface area contributed by atoms with E-state index < -0.39 is 0 Å². The van der Waals surface area contributed by atoms with Crippen LogP contribution < -0.4 is 10.6 Å². The van der Waals surface area contributed by atoms with Crippen LogP contribution in [-0.2, 0) is 0 Å². The second-order valence-electron chi connectivity index (χ2n) is 3.26. The lowest BCUT2D eigenvalue weighted by Gasteiger charge is -2.09. The Morgan fingerprint density at radius 1 is 1.24 bits per heavy atom. The number of nitrogens with one attached hydrogen (secondary N) is 2. The molecule has 0 saturated heterocycles. The van der Waals surface area contributed by atoms with Gasteiger partial charge >= 0.3 is 0 Å². The van der Waals surface area contributed by atoms with Gasteiger partial charge in [-0.15, -0.1) is 0 Å². The van der Waals surface area contributed by atoms with Crippen LogP contribution in [0.3, 0.4) is 0 Å². The zero-order valence-electron chi connectivity index (χ0n) is 9.04. The molecule has 6 heteroatoms. The molecule has 1 aromatic heterocycles. The third kappa shape index (κ3) is 2.87. The van der Waals surface area contributed by atoms with E-state index in [0.29, 0.717) is 10.8 Å². The summed E-state index contributed by atoms with van der Waals surface area (Å²) in [5.41, 5.74) is 0.859. The molecule has 17 heavy (non-hydrogen) atoms. The van der Waals surface area contributed by atoms with Crippen LogP contribution in [-0.4, -0.2) is 17.0 Å². The van der Waals surface area contributed by atoms with Crippen LogP contribution in [0, 0.1) is 0 Å². The van der Waals surface area contributed by atoms with Gasteiger partial charge in [-0.25, -0.2) is 9.97 Å². The summed E-state index contributed by atoms with van der Waals surface area (Å²) in [6.45, 7) is 0. The van der Waals surface area contributed by atoms with Gasteiger partial charge in [0.1, 0.15) is 18.0 Å². The van der Waals surface area contributed by atoms with E-state index in [-0.39, 0.29) is 0 Å². The average Bonchev–Trinajstić information content (AvgIpc) is 2.35. The number of anilines is 3. The molecule has 2 aromatic rings. The quantitative estimate of drug-likeness (QED) is 0.907. The second kappa shape index (κ2) is 5.33. The monoisotopic (exact) mass is 312 g/mol. The number of hydrogen-bond acceptors (Lipinski definition) is 4. The van der Waals surface area contributed by atoms with Crippen LogP contribution in [0.4, 0.5) is 17.3 Å². The minimum Gasteiger partial charge on any atom is -0.373 e. The molecule has 0 bridgehead atoms. The predicted molar refractivity (Wildman–Crippen MR) is 74.0 cm³/mol. The number of hydrogen-bond donors (Lipinski definition) is 2. The maximum atomic E-state index is 6.01. The molecule has 4 nitrogen and oxygen atoms in total. The smallest absolute Gasteiger partial charge is 0.135 e. The number of halogens is 2. The first-order chi connectivity index (χ1) is 8.20. The van der Waals surface area contributed by atoms with Gasteiger partial charge in [0.05, 0.1) is 15.2 Å². The standard InChI is InChI=1S/C11H10BrClN4/c1-14-9-5-10(16-6-15-9)17-8-4-2-3-7(13)11(8)12/h2-6H,1H3,(H2,14,15,16,17). The highest BCUT2D eigenvalue weighted by molar-refractivity contribution is 9.10. The van der Waals surface area contributed by atoms with E-state index in [1.807, 2.05) is 24.3 Å². The fraction of sp³-hybridized carbons (Fsp3) is 0.0909. The summed E-state index contributed by atoms with van der Waals surface area (Å²) >= 11 is 9.43. The van der Waals surface area contributed by atoms with Gasteiger partial charge in [-0.3, -0.25) is 0 Å². The minimum absolute atomic E-state index is 0.651. The van der Waals surface area contributed by atoms with Crippen LogP contribution in [0.25, 0.3) is 0 Å². The minimum atomic E-state index is 0.651. The third-order valence-electron chi connectivity index (χ3n) is 2.14. The fourth-order valence-corrected chi connectivity index (χ4v) is 1.84. The van der Waals surface area contributed by atoms with Crippen molar-refractivity contribution in [2.75, 3.05) is 17.7 Å². The Hall–Kier alpha value is -1.33. The molecule has 0 amide bonds. The van der Waals surface area contributed by atoms with Crippen molar-refractivity contribution < 1.29 is 0 Å². The van der Waals surface area contributed by atoms with Crippen LogP contribution >= 0.6 is 27.5 Å². The molecule has 0 saturated carbocycles. The van der Waals surface area contributed by atoms with Gasteiger partial charge in [0.15, 0.2) is 0 Å². The normalized spacial score (nSPS) is 10.1. The lowest BCUT2D eigenvalue weighted by atomic mass is 10.3. The highest BCUT2D eigenvalue weighted by Crippen LogP contribution is 2.31. The van der Waals surface area contributed by atoms with Crippen molar-refractivity contribution >= 4 is 44.9 Å². The first-order valence-electron chi connectivity index (χ1n) is 4.91. The molecule has 1 heterocycles. The van der Waals surface area contributed by atoms with Crippen LogP contribution in [0.2, 0.25) is 5.02 Å². The van der Waals surface area contributed by atoms with Crippen molar-refractivity contribution in [3.8, 4) is 0 Å². The molecule has 0 unspecified atom stereocenters. The molecular weight excluding hydrogens is 304 g/mol. The maximum absolute atomic E-state index is 6.01. The van der Waals surface area contributed by atoms with Gasteiger partial charge in [0, 0.05) is 13.1 Å². The summed E-state index contributed by atoms with van der Waals surface area (Å²) in [7, 11) is 1.81. The van der Waals surface area contributed by atoms with Gasteiger partial charge in [-0.05, 0) is 28.1 Å². The summed E-state index contributed by atoms with van der Waals surface area (Å²) in [4.78, 5) is 8.17. The lowest BCUT2D eigenvalue weighted by Crippen LogP contribution is -1.98. The topological polar surface area (TPSA) is 49.8 Å². The molecule has 1 aromatic carbocycles. The summed E-state index contributed by atoms with van der Waals surface area (Å²) in [6, 6.07) is 7.41. The zero-order chi connectivity index (χ0) is 12.3. The van der Waals surface area contributed by atoms with E-state index in [0.717, 1.165) is 16.0 Å². The van der Waals surface area contributed by atoms with E-state index in [1.165, 1.54) is 6.33 Å². The largest absolute Gasteiger partial charge is 0.373 e. The maximum Gasteiger partial charge on any atom is 0.135 e. The van der Waals surface area contributed by atoms with Crippen molar-refractivity contribution in [1.82, 2.24) is 9.97 Å². The fourth-order valence-electron chi connectivity index (χ4n) is 1.30. The molecule has 0 aliphatic carbocycles. The highest BCUT2D eigenvalue weighted by atomic mass is 79.9. The van der Waals surface area contributed by atoms with Gasteiger partial charge in [-0.2, -0.15) is 0 Å².